The van der Waals surface area contributed by atoms with Crippen molar-refractivity contribution in [2.24, 2.45) is 0 Å². The molecule has 1 aromatic carbocycles. The average Bonchev–Trinajstić information content (AvgIpc) is 2.75. The molecule has 0 radical (unpaired) electrons. The van der Waals surface area contributed by atoms with Gasteiger partial charge in [0.25, 0.3) is 0 Å². The predicted octanol–water partition coefficient (Wildman–Crippen LogP) is -0.218. The van der Waals surface area contributed by atoms with E-state index in [1.807, 2.05) is 0 Å². The van der Waals surface area contributed by atoms with Crippen molar-refractivity contribution in [3.8, 4) is 11.5 Å². The fourth-order valence-corrected chi connectivity index (χ4v) is 3.68. The van der Waals surface area contributed by atoms with Gasteiger partial charge < -0.3 is 44.8 Å². The Balaban J connectivity index is 1.71. The zero-order chi connectivity index (χ0) is 22.5. The summed E-state index contributed by atoms with van der Waals surface area (Å²) >= 11 is 0. The van der Waals surface area contributed by atoms with E-state index in [0.717, 1.165) is 18.9 Å². The number of carbonyl (C=O) groups excluding carboxylic acids is 1. The van der Waals surface area contributed by atoms with Crippen LogP contribution in [0.1, 0.15) is 31.2 Å². The normalized spacial score (nSPS) is 34.0. The number of hydrogen-bond acceptors (Lipinski definition) is 10. The van der Waals surface area contributed by atoms with Crippen LogP contribution in [-0.4, -0.2) is 86.1 Å². The van der Waals surface area contributed by atoms with Crippen LogP contribution in [0.25, 0.3) is 6.08 Å². The molecule has 7 atom stereocenters. The molecule has 1 aliphatic carbocycles. The molecule has 1 saturated carbocycles. The molecule has 0 spiro atoms. The molecule has 6 N–H and O–H groups in total. The van der Waals surface area contributed by atoms with Gasteiger partial charge in [-0.25, -0.2) is 4.79 Å². The first-order chi connectivity index (χ1) is 14.8. The molecule has 2 aliphatic rings. The number of aliphatic hydroxyl groups is 4. The standard InChI is InChI=1S/C21H28O10/c22-10-16-18(27)19(28)20(21(30-16)29-15-4-2-1-3-13(15)24)31-17(26)8-6-11-5-7-12(23)14(25)9-11/h5-9,13,15-16,18-25,27-28H,1-4,10H2/t13-,15+,16+,18+,19+,20-,21+/m0/s1. The van der Waals surface area contributed by atoms with E-state index in [4.69, 9.17) is 14.2 Å². The van der Waals surface area contributed by atoms with Gasteiger partial charge in [0.1, 0.15) is 18.3 Å². The third kappa shape index (κ3) is 5.73. The zero-order valence-electron chi connectivity index (χ0n) is 16.8. The van der Waals surface area contributed by atoms with Crippen LogP contribution in [-0.2, 0) is 19.0 Å². The van der Waals surface area contributed by atoms with Crippen LogP contribution in [0, 0.1) is 0 Å². The lowest BCUT2D eigenvalue weighted by molar-refractivity contribution is -0.320. The van der Waals surface area contributed by atoms with E-state index in [9.17, 15) is 35.4 Å². The summed E-state index contributed by atoms with van der Waals surface area (Å²) in [6, 6.07) is 3.96. The Hall–Kier alpha value is -2.21. The molecule has 172 valence electrons. The highest BCUT2D eigenvalue weighted by Crippen LogP contribution is 2.30. The van der Waals surface area contributed by atoms with Gasteiger partial charge in [-0.2, -0.15) is 0 Å². The molecule has 0 amide bonds. The van der Waals surface area contributed by atoms with Crippen molar-refractivity contribution < 1.29 is 49.6 Å². The van der Waals surface area contributed by atoms with Crippen molar-refractivity contribution in [3.05, 3.63) is 29.8 Å². The van der Waals surface area contributed by atoms with Crippen molar-refractivity contribution >= 4 is 12.0 Å². The van der Waals surface area contributed by atoms with Crippen LogP contribution in [0.3, 0.4) is 0 Å². The number of aromatic hydroxyl groups is 2. The molecule has 0 aromatic heterocycles. The Bertz CT molecular complexity index is 781. The maximum Gasteiger partial charge on any atom is 0.331 e. The summed E-state index contributed by atoms with van der Waals surface area (Å²) in [5.41, 5.74) is 0.409. The summed E-state index contributed by atoms with van der Waals surface area (Å²) in [5.74, 6) is -1.54. The molecule has 31 heavy (non-hydrogen) atoms. The average molecular weight is 440 g/mol. The van der Waals surface area contributed by atoms with Gasteiger partial charge in [-0.3, -0.25) is 0 Å². The first kappa shape index (κ1) is 23.5. The third-order valence-electron chi connectivity index (χ3n) is 5.46. The Kier molecular flexibility index (Phi) is 7.87. The summed E-state index contributed by atoms with van der Waals surface area (Å²) < 4.78 is 16.6. The second-order valence-electron chi connectivity index (χ2n) is 7.72. The number of rotatable bonds is 6. The van der Waals surface area contributed by atoms with Crippen molar-refractivity contribution in [1.29, 1.82) is 0 Å². The number of ether oxygens (including phenoxy) is 3. The third-order valence-corrected chi connectivity index (χ3v) is 5.46. The van der Waals surface area contributed by atoms with Gasteiger partial charge in [-0.05, 0) is 36.6 Å². The minimum Gasteiger partial charge on any atom is -0.504 e. The molecule has 0 unspecified atom stereocenters. The van der Waals surface area contributed by atoms with Crippen molar-refractivity contribution in [2.45, 2.75) is 68.6 Å². The Morgan fingerprint density at radius 3 is 2.52 bits per heavy atom. The maximum atomic E-state index is 12.3. The van der Waals surface area contributed by atoms with Gasteiger partial charge >= 0.3 is 5.97 Å². The fourth-order valence-electron chi connectivity index (χ4n) is 3.68. The van der Waals surface area contributed by atoms with Gasteiger partial charge in [0, 0.05) is 6.08 Å². The number of phenolic OH excluding ortho intramolecular Hbond substituents is 2. The molecule has 2 fully saturated rings. The molecule has 3 rings (SSSR count). The lowest BCUT2D eigenvalue weighted by Crippen LogP contribution is -2.61. The monoisotopic (exact) mass is 440 g/mol. The largest absolute Gasteiger partial charge is 0.504 e. The summed E-state index contributed by atoms with van der Waals surface area (Å²) in [7, 11) is 0. The molecule has 10 nitrogen and oxygen atoms in total. The first-order valence-electron chi connectivity index (χ1n) is 10.2. The topological polar surface area (TPSA) is 166 Å². The molecular weight excluding hydrogens is 412 g/mol. The molecule has 0 bridgehead atoms. The van der Waals surface area contributed by atoms with Gasteiger partial charge in [0.15, 0.2) is 23.9 Å². The van der Waals surface area contributed by atoms with Crippen molar-refractivity contribution in [1.82, 2.24) is 0 Å². The lowest BCUT2D eigenvalue weighted by Gasteiger charge is -2.43. The van der Waals surface area contributed by atoms with E-state index < -0.39 is 55.5 Å². The van der Waals surface area contributed by atoms with E-state index in [1.165, 1.54) is 24.3 Å². The van der Waals surface area contributed by atoms with Crippen LogP contribution in [0.15, 0.2) is 24.3 Å². The Morgan fingerprint density at radius 2 is 1.84 bits per heavy atom. The van der Waals surface area contributed by atoms with E-state index in [2.05, 4.69) is 0 Å². The summed E-state index contributed by atoms with van der Waals surface area (Å²) in [6.45, 7) is -0.587. The van der Waals surface area contributed by atoms with E-state index >= 15 is 0 Å². The van der Waals surface area contributed by atoms with E-state index in [-0.39, 0.29) is 11.5 Å². The number of benzene rings is 1. The van der Waals surface area contributed by atoms with Crippen LogP contribution in [0.4, 0.5) is 0 Å². The summed E-state index contributed by atoms with van der Waals surface area (Å²) in [6.07, 6.45) is -3.17. The number of hydrogen-bond donors (Lipinski definition) is 6. The van der Waals surface area contributed by atoms with Crippen LogP contribution in [0.2, 0.25) is 0 Å². The Labute approximate surface area is 178 Å². The van der Waals surface area contributed by atoms with Crippen molar-refractivity contribution in [3.63, 3.8) is 0 Å². The summed E-state index contributed by atoms with van der Waals surface area (Å²) in [4.78, 5) is 12.3. The van der Waals surface area contributed by atoms with E-state index in [0.29, 0.717) is 18.4 Å². The summed E-state index contributed by atoms with van der Waals surface area (Å²) in [5, 5.41) is 59.0. The maximum absolute atomic E-state index is 12.3. The number of esters is 1. The lowest BCUT2D eigenvalue weighted by atomic mass is 9.94. The van der Waals surface area contributed by atoms with E-state index in [1.54, 1.807) is 0 Å². The fraction of sp³-hybridized carbons (Fsp3) is 0.571. The highest BCUT2D eigenvalue weighted by atomic mass is 16.7. The molecule has 1 saturated heterocycles. The van der Waals surface area contributed by atoms with Crippen LogP contribution in [0.5, 0.6) is 11.5 Å². The molecule has 1 aromatic rings. The van der Waals surface area contributed by atoms with Crippen molar-refractivity contribution in [2.75, 3.05) is 6.61 Å². The zero-order valence-corrected chi connectivity index (χ0v) is 16.8. The number of carbonyl (C=O) groups is 1. The van der Waals surface area contributed by atoms with Gasteiger partial charge in [-0.15, -0.1) is 0 Å². The number of aliphatic hydroxyl groups excluding tert-OH is 4. The highest BCUT2D eigenvalue weighted by Gasteiger charge is 2.48. The minimum atomic E-state index is -1.59. The van der Waals surface area contributed by atoms with Gasteiger partial charge in [0.2, 0.25) is 0 Å². The first-order valence-corrected chi connectivity index (χ1v) is 10.2. The Morgan fingerprint density at radius 1 is 1.10 bits per heavy atom. The smallest absolute Gasteiger partial charge is 0.331 e. The SMILES string of the molecule is O=C(C=Cc1ccc(O)c(O)c1)O[C@@H]1[C@H](O[C@@H]2CCCC[C@@H]2O)O[C@H](CO)[C@@H](O)[C@H]1O. The van der Waals surface area contributed by atoms with Gasteiger partial charge in [-0.1, -0.05) is 18.9 Å². The molecule has 1 heterocycles. The molecular formula is C21H28O10. The molecule has 1 aliphatic heterocycles. The van der Waals surface area contributed by atoms with Crippen LogP contribution >= 0.6 is 0 Å². The van der Waals surface area contributed by atoms with Gasteiger partial charge in [0.05, 0.1) is 18.8 Å². The number of phenols is 2. The highest BCUT2D eigenvalue weighted by molar-refractivity contribution is 5.87. The minimum absolute atomic E-state index is 0.306. The second-order valence-corrected chi connectivity index (χ2v) is 7.72. The quantitative estimate of drug-likeness (QED) is 0.198. The van der Waals surface area contributed by atoms with Crippen LogP contribution < -0.4 is 0 Å². The molecule has 10 heteroatoms. The second kappa shape index (κ2) is 10.4. The predicted molar refractivity (Wildman–Crippen MR) is 106 cm³/mol.